The molecule has 0 spiro atoms. The van der Waals surface area contributed by atoms with Gasteiger partial charge in [-0.1, -0.05) is 15.9 Å². The van der Waals surface area contributed by atoms with Crippen molar-refractivity contribution in [1.82, 2.24) is 0 Å². The molecule has 0 aliphatic carbocycles. The first kappa shape index (κ1) is 11.3. The van der Waals surface area contributed by atoms with Crippen LogP contribution in [0.25, 0.3) is 0 Å². The number of ether oxygens (including phenoxy) is 1. The fourth-order valence-corrected chi connectivity index (χ4v) is 0.803. The number of carbonyl (C=O) groups is 1. The third kappa shape index (κ3) is 5.56. The molecule has 0 N–H and O–H groups in total. The van der Waals surface area contributed by atoms with Gasteiger partial charge in [-0.25, -0.2) is 0 Å². The first-order valence-corrected chi connectivity index (χ1v) is 5.61. The van der Waals surface area contributed by atoms with Crippen LogP contribution in [0.15, 0.2) is 0 Å². The van der Waals surface area contributed by atoms with Gasteiger partial charge in [0.25, 0.3) is 0 Å². The summed E-state index contributed by atoms with van der Waals surface area (Å²) in [6, 6.07) is 0. The first-order valence-electron chi connectivity index (χ1n) is 3.41. The summed E-state index contributed by atoms with van der Waals surface area (Å²) in [5.41, 5.74) is 0. The summed E-state index contributed by atoms with van der Waals surface area (Å²) in [6.07, 6.45) is 1.89. The van der Waals surface area contributed by atoms with Crippen molar-refractivity contribution in [2.45, 2.75) is 23.9 Å². The second-order valence-corrected chi connectivity index (χ2v) is 5.03. The lowest BCUT2D eigenvalue weighted by Crippen LogP contribution is -2.19. The van der Waals surface area contributed by atoms with Gasteiger partial charge in [-0.15, -0.1) is 0 Å². The quantitative estimate of drug-likeness (QED) is 0.556. The monoisotopic (exact) mass is 240 g/mol. The molecule has 0 aromatic carbocycles. The summed E-state index contributed by atoms with van der Waals surface area (Å²) in [5.74, 6) is -0.135. The molecule has 0 saturated heterocycles. The van der Waals surface area contributed by atoms with Crippen molar-refractivity contribution in [3.05, 3.63) is 0 Å². The van der Waals surface area contributed by atoms with Crippen molar-refractivity contribution in [2.75, 3.05) is 12.9 Å². The van der Waals surface area contributed by atoms with Gasteiger partial charge in [0.2, 0.25) is 0 Å². The molecule has 0 amide bonds. The zero-order valence-electron chi connectivity index (χ0n) is 6.96. The van der Waals surface area contributed by atoms with Crippen LogP contribution >= 0.6 is 27.7 Å². The maximum Gasteiger partial charge on any atom is 0.318 e. The molecule has 0 aromatic rings. The lowest BCUT2D eigenvalue weighted by molar-refractivity contribution is -0.142. The predicted octanol–water partition coefficient (Wildman–Crippen LogP) is 2.06. The largest absolute Gasteiger partial charge is 0.464 e. The molecule has 11 heavy (non-hydrogen) atoms. The van der Waals surface area contributed by atoms with Gasteiger partial charge in [-0.3, -0.25) is 4.79 Å². The van der Waals surface area contributed by atoms with Crippen LogP contribution in [0.4, 0.5) is 0 Å². The van der Waals surface area contributed by atoms with Crippen molar-refractivity contribution in [2.24, 2.45) is 0 Å². The van der Waals surface area contributed by atoms with E-state index in [1.165, 1.54) is 11.8 Å². The second-order valence-electron chi connectivity index (χ2n) is 2.29. The standard InChI is InChI=1S/C7H13BrO2S/c1-5(8)4-10-7(9)6(2)11-3/h5-6H,4H2,1-3H3. The summed E-state index contributed by atoms with van der Waals surface area (Å²) in [7, 11) is 0. The minimum Gasteiger partial charge on any atom is -0.464 e. The molecule has 2 atom stereocenters. The molecule has 2 unspecified atom stereocenters. The van der Waals surface area contributed by atoms with Crippen molar-refractivity contribution >= 4 is 33.7 Å². The van der Waals surface area contributed by atoms with Crippen molar-refractivity contribution in [1.29, 1.82) is 0 Å². The zero-order valence-corrected chi connectivity index (χ0v) is 9.37. The van der Waals surface area contributed by atoms with E-state index in [9.17, 15) is 4.79 Å². The van der Waals surface area contributed by atoms with Gasteiger partial charge in [-0.05, 0) is 20.1 Å². The van der Waals surface area contributed by atoms with E-state index in [1.807, 2.05) is 20.1 Å². The number of hydrogen-bond acceptors (Lipinski definition) is 3. The van der Waals surface area contributed by atoms with E-state index < -0.39 is 0 Å². The van der Waals surface area contributed by atoms with Gasteiger partial charge in [0, 0.05) is 4.83 Å². The van der Waals surface area contributed by atoms with E-state index in [0.717, 1.165) is 0 Å². The first-order chi connectivity index (χ1) is 5.07. The van der Waals surface area contributed by atoms with Crippen LogP contribution in [-0.2, 0) is 9.53 Å². The highest BCUT2D eigenvalue weighted by Gasteiger charge is 2.12. The Hall–Kier alpha value is 0.300. The Morgan fingerprint density at radius 3 is 2.55 bits per heavy atom. The van der Waals surface area contributed by atoms with E-state index in [-0.39, 0.29) is 16.0 Å². The third-order valence-electron chi connectivity index (χ3n) is 1.14. The second kappa shape index (κ2) is 5.89. The summed E-state index contributed by atoms with van der Waals surface area (Å²) in [6.45, 7) is 4.23. The highest BCUT2D eigenvalue weighted by molar-refractivity contribution is 9.09. The van der Waals surface area contributed by atoms with Crippen LogP contribution in [0.3, 0.4) is 0 Å². The molecule has 0 bridgehead atoms. The highest BCUT2D eigenvalue weighted by Crippen LogP contribution is 2.08. The van der Waals surface area contributed by atoms with Crippen LogP contribution in [-0.4, -0.2) is 28.9 Å². The maximum atomic E-state index is 11.0. The summed E-state index contributed by atoms with van der Waals surface area (Å²) >= 11 is 4.78. The van der Waals surface area contributed by atoms with E-state index in [4.69, 9.17) is 4.74 Å². The number of rotatable bonds is 4. The van der Waals surface area contributed by atoms with Crippen molar-refractivity contribution in [3.8, 4) is 0 Å². The Bertz CT molecular complexity index is 128. The topological polar surface area (TPSA) is 26.3 Å². The lowest BCUT2D eigenvalue weighted by Gasteiger charge is -2.09. The molecule has 4 heteroatoms. The number of thioether (sulfide) groups is 1. The average molecular weight is 241 g/mol. The van der Waals surface area contributed by atoms with E-state index in [2.05, 4.69) is 15.9 Å². The minimum atomic E-state index is -0.135. The molecule has 0 fully saturated rings. The molecule has 0 saturated carbocycles. The van der Waals surface area contributed by atoms with Gasteiger partial charge in [0.15, 0.2) is 0 Å². The summed E-state index contributed by atoms with van der Waals surface area (Å²) in [5, 5.41) is -0.0544. The molecule has 0 rings (SSSR count). The van der Waals surface area contributed by atoms with Gasteiger partial charge < -0.3 is 4.74 Å². The Kier molecular flexibility index (Phi) is 6.05. The molecule has 0 aliphatic rings. The minimum absolute atomic E-state index is 0.0544. The normalized spacial score (nSPS) is 15.6. The highest BCUT2D eigenvalue weighted by atomic mass is 79.9. The Morgan fingerprint density at radius 2 is 2.18 bits per heavy atom. The van der Waals surface area contributed by atoms with E-state index in [0.29, 0.717) is 6.61 Å². The van der Waals surface area contributed by atoms with Gasteiger partial charge in [-0.2, -0.15) is 11.8 Å². The Morgan fingerprint density at radius 1 is 1.64 bits per heavy atom. The number of esters is 1. The SMILES string of the molecule is CSC(C)C(=O)OCC(C)Br. The Balaban J connectivity index is 3.52. The molecule has 66 valence electrons. The van der Waals surface area contributed by atoms with Gasteiger partial charge in [0.1, 0.15) is 6.61 Å². The number of alkyl halides is 1. The maximum absolute atomic E-state index is 11.0. The number of carbonyl (C=O) groups excluding carboxylic acids is 1. The lowest BCUT2D eigenvalue weighted by atomic mass is 10.5. The van der Waals surface area contributed by atoms with Crippen molar-refractivity contribution in [3.63, 3.8) is 0 Å². The molecule has 0 radical (unpaired) electrons. The Labute approximate surface area is 80.2 Å². The van der Waals surface area contributed by atoms with E-state index >= 15 is 0 Å². The summed E-state index contributed by atoms with van der Waals surface area (Å²) in [4.78, 5) is 11.3. The fraction of sp³-hybridized carbons (Fsp3) is 0.857. The third-order valence-corrected chi connectivity index (χ3v) is 2.30. The smallest absolute Gasteiger partial charge is 0.318 e. The molecule has 0 aliphatic heterocycles. The van der Waals surface area contributed by atoms with Gasteiger partial charge in [0.05, 0.1) is 5.25 Å². The summed E-state index contributed by atoms with van der Waals surface area (Å²) < 4.78 is 4.95. The zero-order chi connectivity index (χ0) is 8.85. The molecular formula is C7H13BrO2S. The molecule has 2 nitrogen and oxygen atoms in total. The number of hydrogen-bond donors (Lipinski definition) is 0. The average Bonchev–Trinajstić information content (AvgIpc) is 1.98. The van der Waals surface area contributed by atoms with Crippen LogP contribution in [0, 0.1) is 0 Å². The molecule has 0 aromatic heterocycles. The number of halogens is 1. The van der Waals surface area contributed by atoms with Gasteiger partial charge >= 0.3 is 5.97 Å². The van der Waals surface area contributed by atoms with E-state index in [1.54, 1.807) is 0 Å². The fourth-order valence-electron chi connectivity index (χ4n) is 0.411. The van der Waals surface area contributed by atoms with Crippen molar-refractivity contribution < 1.29 is 9.53 Å². The van der Waals surface area contributed by atoms with Crippen LogP contribution < -0.4 is 0 Å². The van der Waals surface area contributed by atoms with Crippen LogP contribution in [0.2, 0.25) is 0 Å². The molecule has 0 heterocycles. The molecular weight excluding hydrogens is 228 g/mol. The predicted molar refractivity (Wildman–Crippen MR) is 52.3 cm³/mol. The van der Waals surface area contributed by atoms with Crippen LogP contribution in [0.1, 0.15) is 13.8 Å². The van der Waals surface area contributed by atoms with Crippen LogP contribution in [0.5, 0.6) is 0 Å².